The minimum Gasteiger partial charge on any atom is -0.497 e. The Morgan fingerprint density at radius 1 is 1.19 bits per heavy atom. The molecule has 3 N–H and O–H groups in total. The molecule has 2 amide bonds. The van der Waals surface area contributed by atoms with E-state index in [0.29, 0.717) is 30.2 Å². The number of rotatable bonds is 6. The second-order valence-corrected chi connectivity index (χ2v) is 6.98. The zero-order valence-corrected chi connectivity index (χ0v) is 16.0. The van der Waals surface area contributed by atoms with Gasteiger partial charge in [-0.15, -0.1) is 0 Å². The van der Waals surface area contributed by atoms with Gasteiger partial charge in [0.15, 0.2) is 0 Å². The Morgan fingerprint density at radius 3 is 2.31 bits per heavy atom. The number of hydrogen-bond acceptors (Lipinski definition) is 5. The maximum Gasteiger partial charge on any atom is 0.252 e. The molecule has 2 unspecified atom stereocenters. The number of benzene rings is 1. The van der Waals surface area contributed by atoms with E-state index in [9.17, 15) is 9.59 Å². The largest absolute Gasteiger partial charge is 0.497 e. The highest BCUT2D eigenvalue weighted by Gasteiger charge is 2.31. The molecule has 7 heteroatoms. The smallest absolute Gasteiger partial charge is 0.252 e. The van der Waals surface area contributed by atoms with E-state index in [-0.39, 0.29) is 23.8 Å². The van der Waals surface area contributed by atoms with Crippen LogP contribution in [0, 0.1) is 5.92 Å². The van der Waals surface area contributed by atoms with Crippen molar-refractivity contribution in [3.05, 3.63) is 23.8 Å². The van der Waals surface area contributed by atoms with Crippen LogP contribution in [0.1, 0.15) is 37.0 Å². The van der Waals surface area contributed by atoms with Gasteiger partial charge in [-0.05, 0) is 30.9 Å². The van der Waals surface area contributed by atoms with Gasteiger partial charge < -0.3 is 25.4 Å². The van der Waals surface area contributed by atoms with Crippen LogP contribution in [-0.2, 0) is 4.79 Å². The summed E-state index contributed by atoms with van der Waals surface area (Å²) in [6.07, 6.45) is 1.81. The van der Waals surface area contributed by atoms with Gasteiger partial charge in [0.25, 0.3) is 5.91 Å². The molecule has 0 radical (unpaired) electrons. The summed E-state index contributed by atoms with van der Waals surface area (Å²) in [6, 6.07) is 4.33. The number of nitrogens with one attached hydrogen (secondary N) is 1. The molecule has 0 aliphatic carbocycles. The molecule has 1 saturated heterocycles. The standard InChI is InChI=1S/C19H29N3O4/c1-12(2)17(19(24)22-7-5-6-14(20)11-22)21-18(23)13-8-15(25-3)10-16(9-13)26-4/h8-10,12,14,17H,5-7,11,20H2,1-4H3,(H,21,23). The fourth-order valence-corrected chi connectivity index (χ4v) is 3.08. The van der Waals surface area contributed by atoms with Crippen LogP contribution in [0.4, 0.5) is 0 Å². The molecule has 144 valence electrons. The van der Waals surface area contributed by atoms with Crippen molar-refractivity contribution >= 4 is 11.8 Å². The summed E-state index contributed by atoms with van der Waals surface area (Å²) in [5.41, 5.74) is 6.37. The summed E-state index contributed by atoms with van der Waals surface area (Å²) in [6.45, 7) is 5.04. The quantitative estimate of drug-likeness (QED) is 0.797. The highest BCUT2D eigenvalue weighted by molar-refractivity contribution is 5.98. The van der Waals surface area contributed by atoms with Crippen LogP contribution in [-0.4, -0.2) is 56.1 Å². The van der Waals surface area contributed by atoms with Crippen molar-refractivity contribution < 1.29 is 19.1 Å². The summed E-state index contributed by atoms with van der Waals surface area (Å²) >= 11 is 0. The molecule has 26 heavy (non-hydrogen) atoms. The van der Waals surface area contributed by atoms with E-state index in [0.717, 1.165) is 12.8 Å². The molecule has 0 bridgehead atoms. The van der Waals surface area contributed by atoms with Gasteiger partial charge in [-0.2, -0.15) is 0 Å². The second-order valence-electron chi connectivity index (χ2n) is 6.98. The van der Waals surface area contributed by atoms with Crippen LogP contribution in [0.3, 0.4) is 0 Å². The first-order valence-corrected chi connectivity index (χ1v) is 8.94. The number of ether oxygens (including phenoxy) is 2. The Kier molecular flexibility index (Phi) is 6.85. The lowest BCUT2D eigenvalue weighted by molar-refractivity contribution is -0.135. The van der Waals surface area contributed by atoms with Crippen LogP contribution >= 0.6 is 0 Å². The third-order valence-electron chi connectivity index (χ3n) is 4.60. The molecule has 0 spiro atoms. The van der Waals surface area contributed by atoms with E-state index in [2.05, 4.69) is 5.32 Å². The highest BCUT2D eigenvalue weighted by Crippen LogP contribution is 2.23. The molecule has 2 atom stereocenters. The number of amides is 2. The summed E-state index contributed by atoms with van der Waals surface area (Å²) in [7, 11) is 3.05. The van der Waals surface area contributed by atoms with Crippen LogP contribution < -0.4 is 20.5 Å². The van der Waals surface area contributed by atoms with E-state index >= 15 is 0 Å². The first-order chi connectivity index (χ1) is 12.3. The second kappa shape index (κ2) is 8.89. The number of methoxy groups -OCH3 is 2. The maximum absolute atomic E-state index is 12.9. The van der Waals surface area contributed by atoms with Crippen LogP contribution in [0.5, 0.6) is 11.5 Å². The number of likely N-dealkylation sites (tertiary alicyclic amines) is 1. The molecule has 7 nitrogen and oxygen atoms in total. The minimum atomic E-state index is -0.606. The molecule has 1 aliphatic rings. The Hall–Kier alpha value is -2.28. The Morgan fingerprint density at radius 2 is 1.81 bits per heavy atom. The molecule has 1 fully saturated rings. The van der Waals surface area contributed by atoms with Crippen molar-refractivity contribution in [1.29, 1.82) is 0 Å². The lowest BCUT2D eigenvalue weighted by Crippen LogP contribution is -2.55. The predicted molar refractivity (Wildman–Crippen MR) is 99.4 cm³/mol. The van der Waals surface area contributed by atoms with Gasteiger partial charge in [-0.1, -0.05) is 13.8 Å². The zero-order valence-electron chi connectivity index (χ0n) is 16.0. The van der Waals surface area contributed by atoms with Crippen molar-refractivity contribution in [3.8, 4) is 11.5 Å². The summed E-state index contributed by atoms with van der Waals surface area (Å²) in [4.78, 5) is 27.4. The third kappa shape index (κ3) is 4.88. The molecule has 1 heterocycles. The fourth-order valence-electron chi connectivity index (χ4n) is 3.08. The minimum absolute atomic E-state index is 0.00106. The first kappa shape index (κ1) is 20.0. The van der Waals surface area contributed by atoms with Crippen LogP contribution in [0.2, 0.25) is 0 Å². The number of piperidine rings is 1. The van der Waals surface area contributed by atoms with Crippen molar-refractivity contribution in [2.45, 2.75) is 38.8 Å². The van der Waals surface area contributed by atoms with Crippen LogP contribution in [0.15, 0.2) is 18.2 Å². The molecule has 2 rings (SSSR count). The predicted octanol–water partition coefficient (Wildman–Crippen LogP) is 1.41. The highest BCUT2D eigenvalue weighted by atomic mass is 16.5. The van der Waals surface area contributed by atoms with Crippen molar-refractivity contribution in [2.75, 3.05) is 27.3 Å². The van der Waals surface area contributed by atoms with Gasteiger partial charge in [-0.3, -0.25) is 9.59 Å². The molecule has 1 aromatic carbocycles. The van der Waals surface area contributed by atoms with E-state index in [1.165, 1.54) is 14.2 Å². The number of carbonyl (C=O) groups is 2. The lowest BCUT2D eigenvalue weighted by Gasteiger charge is -2.34. The van der Waals surface area contributed by atoms with Gasteiger partial charge in [-0.25, -0.2) is 0 Å². The van der Waals surface area contributed by atoms with Gasteiger partial charge >= 0.3 is 0 Å². The van der Waals surface area contributed by atoms with Gasteiger partial charge in [0.1, 0.15) is 17.5 Å². The third-order valence-corrected chi connectivity index (χ3v) is 4.60. The average Bonchev–Trinajstić information content (AvgIpc) is 2.64. The average molecular weight is 363 g/mol. The van der Waals surface area contributed by atoms with E-state index in [1.807, 2.05) is 13.8 Å². The fraction of sp³-hybridized carbons (Fsp3) is 0.579. The topological polar surface area (TPSA) is 93.9 Å². The van der Waals surface area contributed by atoms with Crippen LogP contribution in [0.25, 0.3) is 0 Å². The monoisotopic (exact) mass is 363 g/mol. The Balaban J connectivity index is 2.16. The SMILES string of the molecule is COc1cc(OC)cc(C(=O)NC(C(=O)N2CCCC(N)C2)C(C)C)c1. The number of carbonyl (C=O) groups excluding carboxylic acids is 2. The van der Waals surface area contributed by atoms with Gasteiger partial charge in [0.05, 0.1) is 14.2 Å². The molecular weight excluding hydrogens is 334 g/mol. The number of nitrogens with zero attached hydrogens (tertiary/aromatic N) is 1. The van der Waals surface area contributed by atoms with E-state index < -0.39 is 6.04 Å². The Bertz CT molecular complexity index is 625. The molecular formula is C19H29N3O4. The molecule has 1 aliphatic heterocycles. The van der Waals surface area contributed by atoms with Gasteiger partial charge in [0, 0.05) is 30.8 Å². The van der Waals surface area contributed by atoms with Gasteiger partial charge in [0.2, 0.25) is 5.91 Å². The number of hydrogen-bond donors (Lipinski definition) is 2. The first-order valence-electron chi connectivity index (χ1n) is 8.94. The molecule has 1 aromatic rings. The lowest BCUT2D eigenvalue weighted by atomic mass is 9.99. The van der Waals surface area contributed by atoms with Crippen molar-refractivity contribution in [2.24, 2.45) is 11.7 Å². The van der Waals surface area contributed by atoms with Crippen molar-refractivity contribution in [3.63, 3.8) is 0 Å². The van der Waals surface area contributed by atoms with E-state index in [1.54, 1.807) is 23.1 Å². The summed E-state index contributed by atoms with van der Waals surface area (Å²) in [5.74, 6) is 0.568. The summed E-state index contributed by atoms with van der Waals surface area (Å²) in [5, 5.41) is 2.87. The molecule has 0 saturated carbocycles. The number of nitrogens with two attached hydrogens (primary N) is 1. The normalized spacial score (nSPS) is 18.4. The summed E-state index contributed by atoms with van der Waals surface area (Å²) < 4.78 is 10.4. The maximum atomic E-state index is 12.9. The zero-order chi connectivity index (χ0) is 19.3. The van der Waals surface area contributed by atoms with Crippen molar-refractivity contribution in [1.82, 2.24) is 10.2 Å². The molecule has 0 aromatic heterocycles. The Labute approximate surface area is 154 Å². The van der Waals surface area contributed by atoms with E-state index in [4.69, 9.17) is 15.2 Å².